The van der Waals surface area contributed by atoms with Crippen LogP contribution in [0.3, 0.4) is 0 Å². The maximum Gasteiger partial charge on any atom is 0.393 e. The average molecular weight is 343 g/mol. The number of primary amides is 1. The van der Waals surface area contributed by atoms with Crippen molar-refractivity contribution in [3.63, 3.8) is 0 Å². The predicted octanol–water partition coefficient (Wildman–Crippen LogP) is 2.39. The number of hydrogen-bond donors (Lipinski definition) is 2. The largest absolute Gasteiger partial charge is 0.393 e. The molecule has 1 fully saturated rings. The first-order valence-corrected chi connectivity index (χ1v) is 7.70. The molecule has 1 aliphatic heterocycles. The highest BCUT2D eigenvalue weighted by atomic mass is 19.4. The lowest BCUT2D eigenvalue weighted by atomic mass is 9.96. The van der Waals surface area contributed by atoms with Crippen LogP contribution in [0, 0.1) is 5.92 Å². The minimum atomic E-state index is -4.24. The summed E-state index contributed by atoms with van der Waals surface area (Å²) in [7, 11) is 0. The van der Waals surface area contributed by atoms with Crippen molar-refractivity contribution in [2.24, 2.45) is 11.7 Å². The Hall–Kier alpha value is -2.09. The van der Waals surface area contributed by atoms with E-state index in [0.29, 0.717) is 24.2 Å². The molecule has 0 aromatic heterocycles. The Morgan fingerprint density at radius 1 is 1.29 bits per heavy atom. The molecule has 8 heteroatoms. The second kappa shape index (κ2) is 7.21. The van der Waals surface area contributed by atoms with Gasteiger partial charge in [0.2, 0.25) is 11.8 Å². The van der Waals surface area contributed by atoms with Gasteiger partial charge in [0, 0.05) is 17.8 Å². The number of benzene rings is 1. The van der Waals surface area contributed by atoms with Crippen LogP contribution < -0.4 is 11.1 Å². The highest BCUT2D eigenvalue weighted by molar-refractivity contribution is 5.96. The second-order valence-electron chi connectivity index (χ2n) is 5.98. The van der Waals surface area contributed by atoms with Crippen LogP contribution in [-0.2, 0) is 4.79 Å². The lowest BCUT2D eigenvalue weighted by Gasteiger charge is -2.36. The Labute approximate surface area is 138 Å². The monoisotopic (exact) mass is 343 g/mol. The van der Waals surface area contributed by atoms with Gasteiger partial charge in [0.15, 0.2) is 0 Å². The number of nitrogens with one attached hydrogen (secondary N) is 1. The predicted molar refractivity (Wildman–Crippen MR) is 83.4 cm³/mol. The molecule has 1 aromatic carbocycles. The lowest BCUT2D eigenvalue weighted by Crippen LogP contribution is -2.49. The molecule has 1 saturated heterocycles. The number of rotatable bonds is 4. The summed E-state index contributed by atoms with van der Waals surface area (Å²) < 4.78 is 38.6. The third kappa shape index (κ3) is 4.47. The van der Waals surface area contributed by atoms with Crippen LogP contribution >= 0.6 is 0 Å². The van der Waals surface area contributed by atoms with Crippen LogP contribution in [0.1, 0.15) is 30.1 Å². The zero-order valence-electron chi connectivity index (χ0n) is 13.3. The molecule has 0 saturated carbocycles. The molecular formula is C16H20F3N3O2. The van der Waals surface area contributed by atoms with Crippen LogP contribution in [0.4, 0.5) is 18.9 Å². The minimum Gasteiger partial charge on any atom is -0.366 e. The molecule has 0 aliphatic carbocycles. The number of amides is 2. The van der Waals surface area contributed by atoms with Crippen molar-refractivity contribution in [2.75, 3.05) is 18.4 Å². The number of hydrogen-bond acceptors (Lipinski definition) is 3. The third-order valence-electron chi connectivity index (χ3n) is 4.28. The molecule has 0 bridgehead atoms. The molecule has 0 unspecified atom stereocenters. The smallest absolute Gasteiger partial charge is 0.366 e. The van der Waals surface area contributed by atoms with E-state index in [1.807, 2.05) is 0 Å². The van der Waals surface area contributed by atoms with Crippen LogP contribution in [0.15, 0.2) is 24.3 Å². The van der Waals surface area contributed by atoms with E-state index in [-0.39, 0.29) is 18.9 Å². The number of piperidine rings is 1. The van der Waals surface area contributed by atoms with Gasteiger partial charge < -0.3 is 11.1 Å². The van der Waals surface area contributed by atoms with E-state index >= 15 is 0 Å². The molecule has 2 rings (SSSR count). The molecule has 2 amide bonds. The maximum atomic E-state index is 12.9. The van der Waals surface area contributed by atoms with Crippen molar-refractivity contribution in [3.8, 4) is 0 Å². The Morgan fingerprint density at radius 2 is 1.92 bits per heavy atom. The van der Waals surface area contributed by atoms with Gasteiger partial charge in [0.25, 0.3) is 0 Å². The van der Waals surface area contributed by atoms with Crippen molar-refractivity contribution in [1.29, 1.82) is 0 Å². The Balaban J connectivity index is 1.97. The second-order valence-corrected chi connectivity index (χ2v) is 5.98. The first-order valence-electron chi connectivity index (χ1n) is 7.70. The molecule has 132 valence electrons. The number of likely N-dealkylation sites (tertiary alicyclic amines) is 1. The maximum absolute atomic E-state index is 12.9. The Morgan fingerprint density at radius 3 is 2.46 bits per heavy atom. The fraction of sp³-hybridized carbons (Fsp3) is 0.500. The van der Waals surface area contributed by atoms with Crippen LogP contribution in [0.5, 0.6) is 0 Å². The van der Waals surface area contributed by atoms with Crippen LogP contribution in [0.25, 0.3) is 0 Å². The van der Waals surface area contributed by atoms with Gasteiger partial charge in [0.05, 0.1) is 12.0 Å². The van der Waals surface area contributed by atoms with Gasteiger partial charge in [-0.3, -0.25) is 14.5 Å². The van der Waals surface area contributed by atoms with Gasteiger partial charge in [0.1, 0.15) is 0 Å². The molecule has 3 N–H and O–H groups in total. The summed E-state index contributed by atoms with van der Waals surface area (Å²) in [6.07, 6.45) is -3.72. The van der Waals surface area contributed by atoms with E-state index in [4.69, 9.17) is 5.73 Å². The molecule has 1 aliphatic rings. The first kappa shape index (κ1) is 18.3. The quantitative estimate of drug-likeness (QED) is 0.881. The zero-order valence-corrected chi connectivity index (χ0v) is 13.3. The molecule has 5 nitrogen and oxygen atoms in total. The fourth-order valence-electron chi connectivity index (χ4n) is 2.76. The first-order chi connectivity index (χ1) is 11.2. The molecule has 0 radical (unpaired) electrons. The Kier molecular flexibility index (Phi) is 5.48. The molecule has 2 atom stereocenters. The van der Waals surface area contributed by atoms with E-state index in [0.717, 1.165) is 0 Å². The average Bonchev–Trinajstić information content (AvgIpc) is 2.54. The number of nitrogens with two attached hydrogens (primary N) is 1. The van der Waals surface area contributed by atoms with Crippen molar-refractivity contribution in [3.05, 3.63) is 29.8 Å². The van der Waals surface area contributed by atoms with Gasteiger partial charge >= 0.3 is 6.18 Å². The summed E-state index contributed by atoms with van der Waals surface area (Å²) in [5, 5.41) is 2.64. The molecule has 24 heavy (non-hydrogen) atoms. The van der Waals surface area contributed by atoms with Gasteiger partial charge in [-0.25, -0.2) is 0 Å². The van der Waals surface area contributed by atoms with Gasteiger partial charge in [-0.05, 0) is 50.6 Å². The van der Waals surface area contributed by atoms with Crippen LogP contribution in [0.2, 0.25) is 0 Å². The molecule has 1 aromatic rings. The Bertz CT molecular complexity index is 602. The number of carbonyl (C=O) groups excluding carboxylic acids is 2. The minimum absolute atomic E-state index is 0.100. The van der Waals surface area contributed by atoms with Crippen molar-refractivity contribution < 1.29 is 22.8 Å². The highest BCUT2D eigenvalue weighted by Crippen LogP contribution is 2.33. The van der Waals surface area contributed by atoms with Gasteiger partial charge in [-0.2, -0.15) is 13.2 Å². The standard InChI is InChI=1S/C16H20F3N3O2/c1-10(22-8-2-3-12(9-22)16(17,18)19)15(24)21-13-6-4-11(5-7-13)14(20)23/h4-7,10,12H,2-3,8-9H2,1H3,(H2,20,23)(H,21,24)/t10-,12-/m1/s1. The highest BCUT2D eigenvalue weighted by Gasteiger charge is 2.43. The summed E-state index contributed by atoms with van der Waals surface area (Å²) >= 11 is 0. The normalized spacial score (nSPS) is 20.4. The summed E-state index contributed by atoms with van der Waals surface area (Å²) in [5.41, 5.74) is 5.90. The van der Waals surface area contributed by atoms with Gasteiger partial charge in [-0.1, -0.05) is 0 Å². The summed E-state index contributed by atoms with van der Waals surface area (Å²) in [5.74, 6) is -2.35. The number of nitrogens with zero attached hydrogens (tertiary/aromatic N) is 1. The summed E-state index contributed by atoms with van der Waals surface area (Å²) in [6, 6.07) is 5.33. The van der Waals surface area contributed by atoms with Crippen molar-refractivity contribution in [2.45, 2.75) is 32.0 Å². The number of carbonyl (C=O) groups is 2. The zero-order chi connectivity index (χ0) is 17.9. The van der Waals surface area contributed by atoms with Crippen molar-refractivity contribution in [1.82, 2.24) is 4.90 Å². The number of alkyl halides is 3. The third-order valence-corrected chi connectivity index (χ3v) is 4.28. The SMILES string of the molecule is C[C@H](C(=O)Nc1ccc(C(N)=O)cc1)N1CCC[C@@H](C(F)(F)F)C1. The number of halogens is 3. The van der Waals surface area contributed by atoms with Crippen LogP contribution in [-0.4, -0.2) is 42.0 Å². The van der Waals surface area contributed by atoms with E-state index in [9.17, 15) is 22.8 Å². The molecule has 0 spiro atoms. The van der Waals surface area contributed by atoms with E-state index < -0.39 is 24.0 Å². The summed E-state index contributed by atoms with van der Waals surface area (Å²) in [6.45, 7) is 1.88. The van der Waals surface area contributed by atoms with E-state index in [1.165, 1.54) is 24.3 Å². The van der Waals surface area contributed by atoms with E-state index in [2.05, 4.69) is 5.32 Å². The number of anilines is 1. The summed E-state index contributed by atoms with van der Waals surface area (Å²) in [4.78, 5) is 24.8. The molecule has 1 heterocycles. The van der Waals surface area contributed by atoms with E-state index in [1.54, 1.807) is 11.8 Å². The van der Waals surface area contributed by atoms with Crippen molar-refractivity contribution >= 4 is 17.5 Å². The topological polar surface area (TPSA) is 75.4 Å². The lowest BCUT2D eigenvalue weighted by molar-refractivity contribution is -0.188. The molecular weight excluding hydrogens is 323 g/mol. The fourth-order valence-corrected chi connectivity index (χ4v) is 2.76. The van der Waals surface area contributed by atoms with Gasteiger partial charge in [-0.15, -0.1) is 0 Å².